The highest BCUT2D eigenvalue weighted by molar-refractivity contribution is 7.91. The normalized spacial score (nSPS) is 17.8. The number of benzene rings is 1. The smallest absolute Gasteiger partial charge is 0.338 e. The third-order valence-corrected chi connectivity index (χ3v) is 5.38. The topological polar surface area (TPSA) is 66.5 Å². The Morgan fingerprint density at radius 2 is 1.96 bits per heavy atom. The molecule has 1 aliphatic rings. The molecule has 1 N–H and O–H groups in total. The lowest BCUT2D eigenvalue weighted by Gasteiger charge is -2.24. The fourth-order valence-electron chi connectivity index (χ4n) is 2.79. The summed E-state index contributed by atoms with van der Waals surface area (Å²) in [5.74, 6) is -3.48. The summed E-state index contributed by atoms with van der Waals surface area (Å²) in [7, 11) is -2.75. The van der Waals surface area contributed by atoms with Crippen molar-refractivity contribution < 1.29 is 22.0 Å². The van der Waals surface area contributed by atoms with Gasteiger partial charge in [0, 0.05) is 19.1 Å². The molecule has 0 radical (unpaired) electrons. The minimum absolute atomic E-state index is 0. The summed E-state index contributed by atoms with van der Waals surface area (Å²) in [6.07, 6.45) is 2.05. The number of hydrogen-bond donors (Lipinski definition) is 1. The van der Waals surface area contributed by atoms with E-state index in [9.17, 15) is 22.0 Å². The minimum atomic E-state index is -4.59. The summed E-state index contributed by atoms with van der Waals surface area (Å²) >= 11 is 0. The fraction of sp³-hybridized carbons (Fsp3) is 0.533. The second-order valence-corrected chi connectivity index (χ2v) is 7.49. The molecule has 1 unspecified atom stereocenters. The molecule has 1 aromatic carbocycles. The minimum Gasteiger partial charge on any atom is -0.338 e. The van der Waals surface area contributed by atoms with Crippen LogP contribution in [-0.4, -0.2) is 51.2 Å². The third-order valence-electron chi connectivity index (χ3n) is 3.98. The molecule has 1 atom stereocenters. The van der Waals surface area contributed by atoms with Crippen LogP contribution in [0.4, 0.5) is 8.78 Å². The van der Waals surface area contributed by atoms with Gasteiger partial charge in [0.05, 0.1) is 11.3 Å². The lowest BCUT2D eigenvalue weighted by atomic mass is 10.1. The van der Waals surface area contributed by atoms with Gasteiger partial charge in [-0.3, -0.25) is 4.79 Å². The third kappa shape index (κ3) is 4.64. The Morgan fingerprint density at radius 1 is 1.33 bits per heavy atom. The summed E-state index contributed by atoms with van der Waals surface area (Å²) in [6.45, 7) is 1.44. The summed E-state index contributed by atoms with van der Waals surface area (Å²) in [5.41, 5.74) is 0.610. The largest absolute Gasteiger partial charge is 0.341 e. The van der Waals surface area contributed by atoms with E-state index in [2.05, 4.69) is 5.32 Å². The Kier molecular flexibility index (Phi) is 7.56. The average molecular weight is 383 g/mol. The van der Waals surface area contributed by atoms with Crippen LogP contribution < -0.4 is 5.32 Å². The van der Waals surface area contributed by atoms with Crippen molar-refractivity contribution in [2.75, 3.05) is 20.1 Å². The molecule has 1 amide bonds. The van der Waals surface area contributed by atoms with Gasteiger partial charge in [-0.15, -0.1) is 12.4 Å². The Hall–Kier alpha value is -1.25. The second kappa shape index (κ2) is 8.73. The number of likely N-dealkylation sites (tertiary alicyclic amines) is 1. The average Bonchev–Trinajstić information content (AvgIpc) is 2.96. The van der Waals surface area contributed by atoms with E-state index in [1.165, 1.54) is 12.1 Å². The van der Waals surface area contributed by atoms with Crippen molar-refractivity contribution in [2.24, 2.45) is 0 Å². The van der Waals surface area contributed by atoms with Gasteiger partial charge < -0.3 is 10.2 Å². The number of amides is 1. The van der Waals surface area contributed by atoms with Crippen LogP contribution in [0.1, 0.15) is 18.4 Å². The van der Waals surface area contributed by atoms with Crippen LogP contribution in [0.2, 0.25) is 0 Å². The monoisotopic (exact) mass is 382 g/mol. The zero-order valence-corrected chi connectivity index (χ0v) is 14.9. The van der Waals surface area contributed by atoms with E-state index in [1.807, 2.05) is 11.9 Å². The number of nitrogens with zero attached hydrogens (tertiary/aromatic N) is 1. The highest BCUT2D eigenvalue weighted by Crippen LogP contribution is 2.21. The molecule has 0 aliphatic carbocycles. The van der Waals surface area contributed by atoms with Crippen molar-refractivity contribution in [1.29, 1.82) is 0 Å². The molecule has 0 spiro atoms. The maximum atomic E-state index is 12.5. The number of likely N-dealkylation sites (N-methyl/N-ethyl adjacent to an activating group) is 1. The standard InChI is InChI=1S/C15H20F2N2O3S.ClH/c1-18-10-12-3-2-8-19(12)14(20)9-11-4-6-13(7-5-11)23(21,22)15(16)17;/h4-7,12,15,18H,2-3,8-10H2,1H3;1H. The molecule has 1 aromatic rings. The number of nitrogens with one attached hydrogen (secondary N) is 1. The van der Waals surface area contributed by atoms with Crippen LogP contribution in [0, 0.1) is 0 Å². The molecule has 1 aliphatic heterocycles. The number of hydrogen-bond acceptors (Lipinski definition) is 4. The molecule has 1 saturated heterocycles. The van der Waals surface area contributed by atoms with Gasteiger partial charge in [-0.1, -0.05) is 12.1 Å². The van der Waals surface area contributed by atoms with E-state index in [4.69, 9.17) is 0 Å². The molecule has 1 heterocycles. The van der Waals surface area contributed by atoms with Crippen molar-refractivity contribution in [3.63, 3.8) is 0 Å². The first kappa shape index (κ1) is 20.8. The molecule has 2 rings (SSSR count). The van der Waals surface area contributed by atoms with E-state index in [0.29, 0.717) is 12.1 Å². The van der Waals surface area contributed by atoms with Crippen molar-refractivity contribution in [3.8, 4) is 0 Å². The van der Waals surface area contributed by atoms with Crippen LogP contribution >= 0.6 is 12.4 Å². The molecular weight excluding hydrogens is 362 g/mol. The molecule has 0 aromatic heterocycles. The SMILES string of the molecule is CNCC1CCCN1C(=O)Cc1ccc(S(=O)(=O)C(F)F)cc1.Cl. The zero-order valence-electron chi connectivity index (χ0n) is 13.2. The second-order valence-electron chi connectivity index (χ2n) is 5.57. The van der Waals surface area contributed by atoms with Gasteiger partial charge in [0.15, 0.2) is 0 Å². The van der Waals surface area contributed by atoms with E-state index >= 15 is 0 Å². The van der Waals surface area contributed by atoms with Gasteiger partial charge in [0.2, 0.25) is 15.7 Å². The Morgan fingerprint density at radius 3 is 2.50 bits per heavy atom. The van der Waals surface area contributed by atoms with Gasteiger partial charge >= 0.3 is 5.76 Å². The fourth-order valence-corrected chi connectivity index (χ4v) is 3.51. The number of rotatable bonds is 6. The van der Waals surface area contributed by atoms with Gasteiger partial charge in [0.1, 0.15) is 0 Å². The number of carbonyl (C=O) groups excluding carboxylic acids is 1. The first-order valence-electron chi connectivity index (χ1n) is 7.41. The number of sulfone groups is 1. The summed E-state index contributed by atoms with van der Waals surface area (Å²) in [6, 6.07) is 5.25. The predicted molar refractivity (Wildman–Crippen MR) is 89.2 cm³/mol. The highest BCUT2D eigenvalue weighted by atomic mass is 35.5. The van der Waals surface area contributed by atoms with Crippen LogP contribution in [0.25, 0.3) is 0 Å². The van der Waals surface area contributed by atoms with Gasteiger partial charge in [-0.25, -0.2) is 8.42 Å². The van der Waals surface area contributed by atoms with Gasteiger partial charge in [-0.2, -0.15) is 8.78 Å². The zero-order chi connectivity index (χ0) is 17.0. The molecular formula is C15H21ClF2N2O3S. The molecule has 0 saturated carbocycles. The van der Waals surface area contributed by atoms with Crippen LogP contribution in [0.15, 0.2) is 29.2 Å². The first-order chi connectivity index (χ1) is 10.9. The Labute approximate surface area is 146 Å². The van der Waals surface area contributed by atoms with E-state index in [1.54, 1.807) is 0 Å². The Bertz CT molecular complexity index is 653. The molecule has 24 heavy (non-hydrogen) atoms. The molecule has 136 valence electrons. The number of carbonyl (C=O) groups is 1. The van der Waals surface area contributed by atoms with Crippen molar-refractivity contribution >= 4 is 28.2 Å². The molecule has 9 heteroatoms. The molecule has 5 nitrogen and oxygen atoms in total. The van der Waals surface area contributed by atoms with E-state index in [-0.39, 0.29) is 30.8 Å². The van der Waals surface area contributed by atoms with Gasteiger partial charge in [0.25, 0.3) is 0 Å². The lowest BCUT2D eigenvalue weighted by Crippen LogP contribution is -2.41. The van der Waals surface area contributed by atoms with Crippen molar-refractivity contribution in [3.05, 3.63) is 29.8 Å². The van der Waals surface area contributed by atoms with Crippen molar-refractivity contribution in [1.82, 2.24) is 10.2 Å². The summed E-state index contributed by atoms with van der Waals surface area (Å²) < 4.78 is 47.7. The highest BCUT2D eigenvalue weighted by Gasteiger charge is 2.29. The molecule has 0 bridgehead atoms. The quantitative estimate of drug-likeness (QED) is 0.815. The van der Waals surface area contributed by atoms with Crippen LogP contribution in [-0.2, 0) is 21.1 Å². The van der Waals surface area contributed by atoms with E-state index in [0.717, 1.165) is 31.5 Å². The first-order valence-corrected chi connectivity index (χ1v) is 8.96. The summed E-state index contributed by atoms with van der Waals surface area (Å²) in [4.78, 5) is 13.7. The van der Waals surface area contributed by atoms with Crippen molar-refractivity contribution in [2.45, 2.75) is 36.0 Å². The van der Waals surface area contributed by atoms with Crippen LogP contribution in [0.5, 0.6) is 0 Å². The maximum absolute atomic E-state index is 12.5. The maximum Gasteiger partial charge on any atom is 0.341 e. The molecule has 1 fully saturated rings. The summed E-state index contributed by atoms with van der Waals surface area (Å²) in [5, 5.41) is 3.06. The number of halogens is 3. The predicted octanol–water partition coefficient (Wildman–Crippen LogP) is 1.86. The van der Waals surface area contributed by atoms with Gasteiger partial charge in [-0.05, 0) is 37.6 Å². The van der Waals surface area contributed by atoms with Crippen LogP contribution in [0.3, 0.4) is 0 Å². The number of alkyl halides is 2. The van der Waals surface area contributed by atoms with E-state index < -0.39 is 20.5 Å². The Balaban J connectivity index is 0.00000288. The lowest BCUT2D eigenvalue weighted by molar-refractivity contribution is -0.131.